The van der Waals surface area contributed by atoms with E-state index in [0.29, 0.717) is 19.4 Å². The van der Waals surface area contributed by atoms with Crippen LogP contribution in [0.5, 0.6) is 0 Å². The first-order valence-electron chi connectivity index (χ1n) is 11.0. The molecule has 3 aliphatic rings. The largest absolute Gasteiger partial charge is 0.370 e. The van der Waals surface area contributed by atoms with E-state index in [-0.39, 0.29) is 18.4 Å². The molecule has 4 rings (SSSR count). The van der Waals surface area contributed by atoms with Crippen LogP contribution in [0.1, 0.15) is 43.2 Å². The Balaban J connectivity index is 1.33. The first-order chi connectivity index (χ1) is 14.6. The van der Waals surface area contributed by atoms with Crippen molar-refractivity contribution in [3.63, 3.8) is 0 Å². The molecule has 2 aliphatic heterocycles. The molecule has 1 aromatic carbocycles. The van der Waals surface area contributed by atoms with Crippen LogP contribution >= 0.6 is 0 Å². The topological polar surface area (TPSA) is 92.2 Å². The molecule has 2 heterocycles. The lowest BCUT2D eigenvalue weighted by atomic mass is 9.82. The molecule has 3 N–H and O–H groups in total. The van der Waals surface area contributed by atoms with Crippen LogP contribution < -0.4 is 15.5 Å². The predicted molar refractivity (Wildman–Crippen MR) is 110 cm³/mol. The van der Waals surface area contributed by atoms with E-state index >= 15 is 0 Å². The number of hydrogen-bond acceptors (Lipinski definition) is 4. The summed E-state index contributed by atoms with van der Waals surface area (Å²) in [4.78, 5) is 40.2. The minimum absolute atomic E-state index is 0.233. The number of morpholine rings is 1. The SMILES string of the molecule is O=C(CN1C(=O)NC2(CCCCC2)C1=O)NCc1ccccc1C[NH+]1CCOCC1. The summed E-state index contributed by atoms with van der Waals surface area (Å²) in [5.74, 6) is -0.571. The number of quaternary nitrogens is 1. The molecule has 162 valence electrons. The van der Waals surface area contributed by atoms with E-state index in [4.69, 9.17) is 4.74 Å². The van der Waals surface area contributed by atoms with Crippen molar-refractivity contribution in [2.75, 3.05) is 32.8 Å². The van der Waals surface area contributed by atoms with E-state index in [2.05, 4.69) is 16.7 Å². The molecule has 0 bridgehead atoms. The van der Waals surface area contributed by atoms with Crippen molar-refractivity contribution < 1.29 is 24.0 Å². The van der Waals surface area contributed by atoms with Crippen LogP contribution in [0.2, 0.25) is 0 Å². The van der Waals surface area contributed by atoms with Crippen molar-refractivity contribution >= 4 is 17.8 Å². The van der Waals surface area contributed by atoms with Gasteiger partial charge in [0.25, 0.3) is 5.91 Å². The van der Waals surface area contributed by atoms with Gasteiger partial charge in [0.05, 0.1) is 13.2 Å². The molecule has 0 radical (unpaired) electrons. The zero-order valence-corrected chi connectivity index (χ0v) is 17.4. The smallest absolute Gasteiger partial charge is 0.325 e. The Labute approximate surface area is 176 Å². The number of urea groups is 1. The van der Waals surface area contributed by atoms with Gasteiger partial charge in [0.15, 0.2) is 0 Å². The molecule has 0 aromatic heterocycles. The number of amides is 4. The average Bonchev–Trinajstić information content (AvgIpc) is 2.98. The maximum atomic E-state index is 12.8. The third-order valence-corrected chi connectivity index (χ3v) is 6.49. The Bertz CT molecular complexity index is 800. The summed E-state index contributed by atoms with van der Waals surface area (Å²) in [6.45, 7) is 4.56. The third kappa shape index (κ3) is 4.49. The van der Waals surface area contributed by atoms with Crippen molar-refractivity contribution in [1.82, 2.24) is 15.5 Å². The summed E-state index contributed by atoms with van der Waals surface area (Å²) in [7, 11) is 0. The van der Waals surface area contributed by atoms with E-state index in [1.165, 1.54) is 10.5 Å². The minimum atomic E-state index is -0.789. The first-order valence-corrected chi connectivity index (χ1v) is 11.0. The number of hydrogen-bond donors (Lipinski definition) is 3. The van der Waals surface area contributed by atoms with E-state index in [9.17, 15) is 14.4 Å². The number of carbonyl (C=O) groups is 3. The number of nitrogens with zero attached hydrogens (tertiary/aromatic N) is 1. The molecular formula is C22H31N4O4+. The molecular weight excluding hydrogens is 384 g/mol. The van der Waals surface area contributed by atoms with Crippen LogP contribution in [-0.2, 0) is 27.4 Å². The highest BCUT2D eigenvalue weighted by Crippen LogP contribution is 2.33. The minimum Gasteiger partial charge on any atom is -0.370 e. The Morgan fingerprint density at radius 2 is 1.80 bits per heavy atom. The normalized spacial score (nSPS) is 21.7. The summed E-state index contributed by atoms with van der Waals surface area (Å²) in [6.07, 6.45) is 4.25. The van der Waals surface area contributed by atoms with E-state index in [1.807, 2.05) is 18.2 Å². The average molecular weight is 416 g/mol. The fourth-order valence-corrected chi connectivity index (χ4v) is 4.72. The summed E-state index contributed by atoms with van der Waals surface area (Å²) in [5, 5.41) is 5.74. The fourth-order valence-electron chi connectivity index (χ4n) is 4.72. The number of benzene rings is 1. The lowest BCUT2D eigenvalue weighted by Crippen LogP contribution is -3.12. The standard InChI is InChI=1S/C22H30N4O4/c27-19(16-26-20(28)22(24-21(26)29)8-4-1-5-9-22)23-14-17-6-2-3-7-18(17)15-25-10-12-30-13-11-25/h2-3,6-7H,1,4-5,8-16H2,(H,23,27)(H,24,29)/p+1. The van der Waals surface area contributed by atoms with Gasteiger partial charge in [-0.1, -0.05) is 43.5 Å². The molecule has 8 heteroatoms. The van der Waals surface area contributed by atoms with Gasteiger partial charge < -0.3 is 20.3 Å². The van der Waals surface area contributed by atoms with Gasteiger partial charge in [-0.05, 0) is 18.4 Å². The Hall–Kier alpha value is -2.45. The van der Waals surface area contributed by atoms with Gasteiger partial charge in [0.1, 0.15) is 31.7 Å². The number of rotatable bonds is 6. The van der Waals surface area contributed by atoms with Crippen LogP contribution in [0.4, 0.5) is 4.79 Å². The molecule has 0 atom stereocenters. The molecule has 30 heavy (non-hydrogen) atoms. The van der Waals surface area contributed by atoms with E-state index < -0.39 is 11.6 Å². The summed E-state index contributed by atoms with van der Waals surface area (Å²) in [6, 6.07) is 7.63. The van der Waals surface area contributed by atoms with Gasteiger partial charge in [-0.3, -0.25) is 14.5 Å². The van der Waals surface area contributed by atoms with Crippen molar-refractivity contribution in [2.24, 2.45) is 0 Å². The molecule has 3 fully saturated rings. The molecule has 4 amide bonds. The van der Waals surface area contributed by atoms with Crippen molar-refractivity contribution in [3.05, 3.63) is 35.4 Å². The van der Waals surface area contributed by atoms with Gasteiger partial charge >= 0.3 is 6.03 Å². The number of imide groups is 1. The van der Waals surface area contributed by atoms with E-state index in [0.717, 1.165) is 62.6 Å². The predicted octanol–water partition coefficient (Wildman–Crippen LogP) is -0.0274. The highest BCUT2D eigenvalue weighted by atomic mass is 16.5. The molecule has 0 unspecified atom stereocenters. The zero-order valence-electron chi connectivity index (χ0n) is 17.4. The van der Waals surface area contributed by atoms with Crippen LogP contribution in [0.25, 0.3) is 0 Å². The Morgan fingerprint density at radius 3 is 2.53 bits per heavy atom. The Morgan fingerprint density at radius 1 is 1.10 bits per heavy atom. The summed E-state index contributed by atoms with van der Waals surface area (Å²) >= 11 is 0. The van der Waals surface area contributed by atoms with Crippen LogP contribution in [-0.4, -0.2) is 61.1 Å². The van der Waals surface area contributed by atoms with Crippen molar-refractivity contribution in [3.8, 4) is 0 Å². The fraction of sp³-hybridized carbons (Fsp3) is 0.591. The van der Waals surface area contributed by atoms with Crippen LogP contribution in [0, 0.1) is 0 Å². The second-order valence-electron chi connectivity index (χ2n) is 8.55. The second-order valence-corrected chi connectivity index (χ2v) is 8.55. The van der Waals surface area contributed by atoms with Crippen molar-refractivity contribution in [2.45, 2.75) is 50.7 Å². The highest BCUT2D eigenvalue weighted by Gasteiger charge is 2.51. The van der Waals surface area contributed by atoms with Gasteiger partial charge in [-0.2, -0.15) is 0 Å². The number of ether oxygens (including phenoxy) is 1. The lowest BCUT2D eigenvalue weighted by molar-refractivity contribution is -0.921. The maximum Gasteiger partial charge on any atom is 0.325 e. The quantitative estimate of drug-likeness (QED) is 0.569. The molecule has 1 aliphatic carbocycles. The number of nitrogens with one attached hydrogen (secondary N) is 3. The van der Waals surface area contributed by atoms with Gasteiger partial charge in [0.2, 0.25) is 5.91 Å². The van der Waals surface area contributed by atoms with Gasteiger partial charge in [0, 0.05) is 12.1 Å². The molecule has 2 saturated heterocycles. The first kappa shape index (κ1) is 20.8. The van der Waals surface area contributed by atoms with Crippen LogP contribution in [0.15, 0.2) is 24.3 Å². The van der Waals surface area contributed by atoms with Gasteiger partial charge in [-0.25, -0.2) is 4.79 Å². The molecule has 1 aromatic rings. The molecule has 1 saturated carbocycles. The maximum absolute atomic E-state index is 12.8. The summed E-state index contributed by atoms with van der Waals surface area (Å²) in [5.41, 5.74) is 1.47. The third-order valence-electron chi connectivity index (χ3n) is 6.49. The highest BCUT2D eigenvalue weighted by molar-refractivity contribution is 6.09. The Kier molecular flexibility index (Phi) is 6.34. The summed E-state index contributed by atoms with van der Waals surface area (Å²) < 4.78 is 5.43. The monoisotopic (exact) mass is 415 g/mol. The van der Waals surface area contributed by atoms with Crippen molar-refractivity contribution in [1.29, 1.82) is 0 Å². The van der Waals surface area contributed by atoms with Crippen LogP contribution in [0.3, 0.4) is 0 Å². The lowest BCUT2D eigenvalue weighted by Gasteiger charge is -2.30. The molecule has 1 spiro atoms. The zero-order chi connectivity index (χ0) is 21.0. The molecule has 8 nitrogen and oxygen atoms in total. The van der Waals surface area contributed by atoms with E-state index in [1.54, 1.807) is 0 Å². The second kappa shape index (κ2) is 9.14. The number of carbonyl (C=O) groups excluding carboxylic acids is 3. The van der Waals surface area contributed by atoms with Gasteiger partial charge in [-0.15, -0.1) is 0 Å².